The Morgan fingerprint density at radius 2 is 1.93 bits per heavy atom. The van der Waals surface area contributed by atoms with Crippen molar-refractivity contribution in [3.05, 3.63) is 34.9 Å². The number of likely N-dealkylation sites (N-methyl/N-ethyl adjacent to an activating group) is 1. The molecule has 0 bridgehead atoms. The van der Waals surface area contributed by atoms with Gasteiger partial charge in [0.1, 0.15) is 0 Å². The molecule has 2 rings (SSSR count). The highest BCUT2D eigenvalue weighted by atomic mass is 15.1. The maximum Gasteiger partial charge on any atom is 0.0233 e. The molecule has 1 aliphatic heterocycles. The van der Waals surface area contributed by atoms with Crippen LogP contribution in [-0.4, -0.2) is 18.5 Å². The maximum atomic E-state index is 2.38. The van der Waals surface area contributed by atoms with Crippen molar-refractivity contribution in [2.75, 3.05) is 13.6 Å². The van der Waals surface area contributed by atoms with Gasteiger partial charge in [0.25, 0.3) is 0 Å². The van der Waals surface area contributed by atoms with Gasteiger partial charge in [-0.05, 0) is 37.1 Å². The minimum Gasteiger partial charge on any atom is -0.302 e. The highest BCUT2D eigenvalue weighted by Crippen LogP contribution is 2.20. The van der Waals surface area contributed by atoms with Crippen molar-refractivity contribution in [2.24, 2.45) is 0 Å². The molecule has 0 aliphatic carbocycles. The summed E-state index contributed by atoms with van der Waals surface area (Å²) in [7, 11) is 2.19. The zero-order valence-corrected chi connectivity index (χ0v) is 9.80. The molecule has 0 unspecified atom stereocenters. The SMILES string of the molecule is CC.Cc1cccc2c1CCN(C)C2. The van der Waals surface area contributed by atoms with E-state index in [4.69, 9.17) is 0 Å². The molecule has 0 atom stereocenters. The lowest BCUT2D eigenvalue weighted by Crippen LogP contribution is -2.26. The summed E-state index contributed by atoms with van der Waals surface area (Å²) in [4.78, 5) is 2.38. The van der Waals surface area contributed by atoms with E-state index in [1.807, 2.05) is 13.8 Å². The van der Waals surface area contributed by atoms with E-state index in [1.54, 1.807) is 5.56 Å². The Morgan fingerprint density at radius 1 is 1.21 bits per heavy atom. The fraction of sp³-hybridized carbons (Fsp3) is 0.538. The Kier molecular flexibility index (Phi) is 4.15. The lowest BCUT2D eigenvalue weighted by atomic mass is 9.96. The molecule has 0 amide bonds. The van der Waals surface area contributed by atoms with Crippen LogP contribution < -0.4 is 0 Å². The monoisotopic (exact) mass is 191 g/mol. The van der Waals surface area contributed by atoms with Crippen molar-refractivity contribution in [2.45, 2.75) is 33.7 Å². The summed E-state index contributed by atoms with van der Waals surface area (Å²) in [5.41, 5.74) is 4.56. The molecule has 1 aliphatic rings. The molecule has 0 radical (unpaired) electrons. The molecule has 1 heterocycles. The first kappa shape index (κ1) is 11.3. The normalized spacial score (nSPS) is 15.4. The Morgan fingerprint density at radius 3 is 2.64 bits per heavy atom. The second-order valence-electron chi connectivity index (χ2n) is 3.70. The third kappa shape index (κ3) is 2.36. The number of aryl methyl sites for hydroxylation is 1. The van der Waals surface area contributed by atoms with Crippen molar-refractivity contribution >= 4 is 0 Å². The molecule has 14 heavy (non-hydrogen) atoms. The van der Waals surface area contributed by atoms with Crippen molar-refractivity contribution in [1.82, 2.24) is 4.90 Å². The van der Waals surface area contributed by atoms with Crippen LogP contribution in [0.15, 0.2) is 18.2 Å². The van der Waals surface area contributed by atoms with Gasteiger partial charge in [0, 0.05) is 13.1 Å². The average molecular weight is 191 g/mol. The van der Waals surface area contributed by atoms with Crippen molar-refractivity contribution in [1.29, 1.82) is 0 Å². The van der Waals surface area contributed by atoms with Gasteiger partial charge in [-0.3, -0.25) is 0 Å². The third-order valence-electron chi connectivity index (χ3n) is 2.69. The van der Waals surface area contributed by atoms with E-state index >= 15 is 0 Å². The predicted molar refractivity (Wildman–Crippen MR) is 62.6 cm³/mol. The lowest BCUT2D eigenvalue weighted by Gasteiger charge is -2.25. The molecule has 0 fully saturated rings. The molecule has 0 aromatic heterocycles. The molecule has 0 spiro atoms. The maximum absolute atomic E-state index is 2.38. The first-order valence-electron chi connectivity index (χ1n) is 5.53. The number of benzene rings is 1. The van der Waals surface area contributed by atoms with E-state index in [9.17, 15) is 0 Å². The smallest absolute Gasteiger partial charge is 0.0233 e. The van der Waals surface area contributed by atoms with Crippen LogP contribution in [0.1, 0.15) is 30.5 Å². The summed E-state index contributed by atoms with van der Waals surface area (Å²) in [6.07, 6.45) is 1.22. The fourth-order valence-corrected chi connectivity index (χ4v) is 1.94. The van der Waals surface area contributed by atoms with Gasteiger partial charge in [-0.1, -0.05) is 32.0 Å². The van der Waals surface area contributed by atoms with Crippen molar-refractivity contribution in [3.63, 3.8) is 0 Å². The highest BCUT2D eigenvalue weighted by Gasteiger charge is 2.13. The van der Waals surface area contributed by atoms with Gasteiger partial charge in [-0.15, -0.1) is 0 Å². The summed E-state index contributed by atoms with van der Waals surface area (Å²) < 4.78 is 0. The van der Waals surface area contributed by atoms with Gasteiger partial charge < -0.3 is 4.90 Å². The minimum absolute atomic E-state index is 1.12. The topological polar surface area (TPSA) is 3.24 Å². The number of nitrogens with zero attached hydrogens (tertiary/aromatic N) is 1. The molecule has 78 valence electrons. The molecule has 1 aromatic carbocycles. The standard InChI is InChI=1S/C11H15N.C2H6/c1-9-4-3-5-10-8-12(2)7-6-11(9)10;1-2/h3-5H,6-8H2,1-2H3;1-2H3. The Bertz CT molecular complexity index is 291. The summed E-state index contributed by atoms with van der Waals surface area (Å²) in [6.45, 7) is 8.54. The molecule has 0 saturated heterocycles. The van der Waals surface area contributed by atoms with E-state index in [2.05, 4.69) is 37.1 Å². The number of hydrogen-bond acceptors (Lipinski definition) is 1. The number of hydrogen-bond donors (Lipinski definition) is 0. The van der Waals surface area contributed by atoms with E-state index in [-0.39, 0.29) is 0 Å². The molecule has 1 heteroatoms. The van der Waals surface area contributed by atoms with Crippen LogP contribution >= 0.6 is 0 Å². The van der Waals surface area contributed by atoms with Crippen LogP contribution in [0, 0.1) is 6.92 Å². The number of rotatable bonds is 0. The van der Waals surface area contributed by atoms with Gasteiger partial charge in [0.2, 0.25) is 0 Å². The number of fused-ring (bicyclic) bond motifs is 1. The Balaban J connectivity index is 0.000000461. The van der Waals surface area contributed by atoms with Crippen molar-refractivity contribution in [3.8, 4) is 0 Å². The minimum atomic E-state index is 1.12. The first-order chi connectivity index (χ1) is 6.77. The van der Waals surface area contributed by atoms with Crippen LogP contribution in [0.5, 0.6) is 0 Å². The van der Waals surface area contributed by atoms with E-state index in [1.165, 1.54) is 24.1 Å². The van der Waals surface area contributed by atoms with Gasteiger partial charge in [0.05, 0.1) is 0 Å². The van der Waals surface area contributed by atoms with Crippen LogP contribution in [-0.2, 0) is 13.0 Å². The van der Waals surface area contributed by atoms with Crippen LogP contribution in [0.4, 0.5) is 0 Å². The van der Waals surface area contributed by atoms with E-state index < -0.39 is 0 Å². The van der Waals surface area contributed by atoms with Crippen LogP contribution in [0.25, 0.3) is 0 Å². The quantitative estimate of drug-likeness (QED) is 0.609. The zero-order chi connectivity index (χ0) is 10.6. The molecule has 0 N–H and O–H groups in total. The molecular weight excluding hydrogens is 170 g/mol. The van der Waals surface area contributed by atoms with Gasteiger partial charge in [0.15, 0.2) is 0 Å². The summed E-state index contributed by atoms with van der Waals surface area (Å²) in [5.74, 6) is 0. The molecule has 0 saturated carbocycles. The Labute approximate surface area is 87.7 Å². The van der Waals surface area contributed by atoms with Crippen LogP contribution in [0.2, 0.25) is 0 Å². The average Bonchev–Trinajstić information content (AvgIpc) is 2.21. The van der Waals surface area contributed by atoms with E-state index in [0.717, 1.165) is 6.54 Å². The molecule has 1 nitrogen and oxygen atoms in total. The molecular formula is C13H21N. The van der Waals surface area contributed by atoms with Gasteiger partial charge in [-0.25, -0.2) is 0 Å². The highest BCUT2D eigenvalue weighted by molar-refractivity contribution is 5.35. The largest absolute Gasteiger partial charge is 0.302 e. The Hall–Kier alpha value is -0.820. The second kappa shape index (κ2) is 5.16. The van der Waals surface area contributed by atoms with Crippen molar-refractivity contribution < 1.29 is 0 Å². The summed E-state index contributed by atoms with van der Waals surface area (Å²) in [6, 6.07) is 6.62. The molecule has 1 aromatic rings. The zero-order valence-electron chi connectivity index (χ0n) is 9.80. The van der Waals surface area contributed by atoms with E-state index in [0.29, 0.717) is 0 Å². The predicted octanol–water partition coefficient (Wildman–Crippen LogP) is 3.01. The summed E-state index contributed by atoms with van der Waals surface area (Å²) in [5, 5.41) is 0. The summed E-state index contributed by atoms with van der Waals surface area (Å²) >= 11 is 0. The lowest BCUT2D eigenvalue weighted by molar-refractivity contribution is 0.312. The van der Waals surface area contributed by atoms with Gasteiger partial charge >= 0.3 is 0 Å². The fourth-order valence-electron chi connectivity index (χ4n) is 1.94. The second-order valence-corrected chi connectivity index (χ2v) is 3.70. The first-order valence-corrected chi connectivity index (χ1v) is 5.53. The van der Waals surface area contributed by atoms with Crippen LogP contribution in [0.3, 0.4) is 0 Å². The van der Waals surface area contributed by atoms with Gasteiger partial charge in [-0.2, -0.15) is 0 Å². The third-order valence-corrected chi connectivity index (χ3v) is 2.69.